The molecule has 122 valence electrons. The standard InChI is InChI=1S/C17H20FN3O2/c1-20-15-8-10-21(9-7-12-3-5-13(18)6-4-12)11-14(15)19-16(20)17(22)23-2/h3-6H,7-11H2,1-2H3. The lowest BCUT2D eigenvalue weighted by Gasteiger charge is -2.26. The molecule has 0 fully saturated rings. The van der Waals surface area contributed by atoms with E-state index in [1.165, 1.54) is 19.2 Å². The molecule has 23 heavy (non-hydrogen) atoms. The number of methoxy groups -OCH3 is 1. The fourth-order valence-electron chi connectivity index (χ4n) is 2.99. The Morgan fingerprint density at radius 3 is 2.78 bits per heavy atom. The van der Waals surface area contributed by atoms with Crippen LogP contribution in [0.1, 0.15) is 27.6 Å². The quantitative estimate of drug-likeness (QED) is 0.809. The molecule has 3 rings (SSSR count). The fraction of sp³-hybridized carbons (Fsp3) is 0.412. The lowest BCUT2D eigenvalue weighted by atomic mass is 10.1. The van der Waals surface area contributed by atoms with Crippen LogP contribution < -0.4 is 0 Å². The topological polar surface area (TPSA) is 47.4 Å². The molecule has 0 amide bonds. The average molecular weight is 317 g/mol. The molecule has 0 N–H and O–H groups in total. The van der Waals surface area contributed by atoms with Crippen molar-refractivity contribution in [2.45, 2.75) is 19.4 Å². The average Bonchev–Trinajstić information content (AvgIpc) is 2.90. The highest BCUT2D eigenvalue weighted by atomic mass is 19.1. The summed E-state index contributed by atoms with van der Waals surface area (Å²) in [6.45, 7) is 2.53. The maximum absolute atomic E-state index is 12.9. The van der Waals surface area contributed by atoms with Gasteiger partial charge in [-0.1, -0.05) is 12.1 Å². The summed E-state index contributed by atoms with van der Waals surface area (Å²) in [5.41, 5.74) is 3.16. The maximum Gasteiger partial charge on any atom is 0.374 e. The van der Waals surface area contributed by atoms with Gasteiger partial charge in [-0.3, -0.25) is 4.90 Å². The van der Waals surface area contributed by atoms with Crippen molar-refractivity contribution in [2.24, 2.45) is 7.05 Å². The van der Waals surface area contributed by atoms with E-state index in [0.29, 0.717) is 5.82 Å². The predicted octanol–water partition coefficient (Wildman–Crippen LogP) is 1.95. The van der Waals surface area contributed by atoms with Gasteiger partial charge in [0.25, 0.3) is 0 Å². The van der Waals surface area contributed by atoms with Gasteiger partial charge in [0.1, 0.15) is 5.82 Å². The summed E-state index contributed by atoms with van der Waals surface area (Å²) in [6.07, 6.45) is 1.73. The van der Waals surface area contributed by atoms with Gasteiger partial charge in [0.05, 0.1) is 12.8 Å². The molecule has 1 aromatic carbocycles. The van der Waals surface area contributed by atoms with Crippen LogP contribution in [0, 0.1) is 5.82 Å². The van der Waals surface area contributed by atoms with Crippen molar-refractivity contribution in [2.75, 3.05) is 20.2 Å². The SMILES string of the molecule is COC(=O)c1nc2c(n1C)CCN(CCc1ccc(F)cc1)C2. The van der Waals surface area contributed by atoms with Gasteiger partial charge < -0.3 is 9.30 Å². The molecule has 2 aromatic rings. The van der Waals surface area contributed by atoms with Crippen LogP contribution in [0.5, 0.6) is 0 Å². The van der Waals surface area contributed by atoms with Crippen LogP contribution in [-0.2, 0) is 31.2 Å². The Kier molecular flexibility index (Phi) is 4.43. The number of esters is 1. The largest absolute Gasteiger partial charge is 0.463 e. The maximum atomic E-state index is 12.9. The van der Waals surface area contributed by atoms with Crippen molar-refractivity contribution in [1.82, 2.24) is 14.5 Å². The van der Waals surface area contributed by atoms with Gasteiger partial charge in [-0.05, 0) is 24.1 Å². The lowest BCUT2D eigenvalue weighted by Crippen LogP contribution is -2.32. The van der Waals surface area contributed by atoms with Crippen molar-refractivity contribution in [3.8, 4) is 0 Å². The van der Waals surface area contributed by atoms with Gasteiger partial charge in [0.15, 0.2) is 0 Å². The molecule has 0 bridgehead atoms. The van der Waals surface area contributed by atoms with E-state index in [2.05, 4.69) is 9.88 Å². The Morgan fingerprint density at radius 1 is 1.35 bits per heavy atom. The number of hydrogen-bond acceptors (Lipinski definition) is 4. The summed E-state index contributed by atoms with van der Waals surface area (Å²) in [6, 6.07) is 6.62. The van der Waals surface area contributed by atoms with E-state index in [0.717, 1.165) is 49.4 Å². The first kappa shape index (κ1) is 15.7. The molecule has 0 atom stereocenters. The lowest BCUT2D eigenvalue weighted by molar-refractivity contribution is 0.0582. The van der Waals surface area contributed by atoms with Crippen LogP contribution in [-0.4, -0.2) is 40.6 Å². The van der Waals surface area contributed by atoms with Gasteiger partial charge in [-0.2, -0.15) is 0 Å². The number of rotatable bonds is 4. The summed E-state index contributed by atoms with van der Waals surface area (Å²) in [4.78, 5) is 18.5. The van der Waals surface area contributed by atoms with E-state index in [1.54, 1.807) is 0 Å². The molecule has 0 saturated heterocycles. The minimum atomic E-state index is -0.403. The minimum absolute atomic E-state index is 0.208. The Bertz CT molecular complexity index is 709. The van der Waals surface area contributed by atoms with E-state index in [4.69, 9.17) is 4.74 Å². The van der Waals surface area contributed by atoms with E-state index in [9.17, 15) is 9.18 Å². The fourth-order valence-corrected chi connectivity index (χ4v) is 2.99. The number of ether oxygens (including phenoxy) is 1. The van der Waals surface area contributed by atoms with Gasteiger partial charge in [0, 0.05) is 38.8 Å². The monoisotopic (exact) mass is 317 g/mol. The van der Waals surface area contributed by atoms with Crippen LogP contribution in [0.3, 0.4) is 0 Å². The summed E-state index contributed by atoms with van der Waals surface area (Å²) in [7, 11) is 3.22. The summed E-state index contributed by atoms with van der Waals surface area (Å²) < 4.78 is 19.5. The Balaban J connectivity index is 1.66. The van der Waals surface area contributed by atoms with E-state index >= 15 is 0 Å². The smallest absolute Gasteiger partial charge is 0.374 e. The molecular weight excluding hydrogens is 297 g/mol. The summed E-state index contributed by atoms with van der Waals surface area (Å²) in [5, 5.41) is 0. The molecular formula is C17H20FN3O2. The van der Waals surface area contributed by atoms with Gasteiger partial charge in [-0.15, -0.1) is 0 Å². The zero-order chi connectivity index (χ0) is 16.4. The van der Waals surface area contributed by atoms with Crippen molar-refractivity contribution in [3.05, 3.63) is 52.9 Å². The molecule has 0 radical (unpaired) electrons. The third kappa shape index (κ3) is 3.27. The minimum Gasteiger partial charge on any atom is -0.463 e. The molecule has 1 aliphatic heterocycles. The number of carbonyl (C=O) groups is 1. The highest BCUT2D eigenvalue weighted by Crippen LogP contribution is 2.20. The number of imidazole rings is 1. The Labute approximate surface area is 134 Å². The molecule has 6 heteroatoms. The number of halogens is 1. The Morgan fingerprint density at radius 2 is 2.09 bits per heavy atom. The highest BCUT2D eigenvalue weighted by molar-refractivity contribution is 5.85. The van der Waals surface area contributed by atoms with Gasteiger partial charge >= 0.3 is 5.97 Å². The van der Waals surface area contributed by atoms with Gasteiger partial charge in [-0.25, -0.2) is 14.2 Å². The van der Waals surface area contributed by atoms with E-state index < -0.39 is 5.97 Å². The zero-order valence-corrected chi connectivity index (χ0v) is 13.4. The molecule has 2 heterocycles. The third-order valence-corrected chi connectivity index (χ3v) is 4.33. The van der Waals surface area contributed by atoms with E-state index in [-0.39, 0.29) is 5.82 Å². The van der Waals surface area contributed by atoms with Crippen LogP contribution in [0.4, 0.5) is 4.39 Å². The summed E-state index contributed by atoms with van der Waals surface area (Å²) in [5.74, 6) is -0.252. The third-order valence-electron chi connectivity index (χ3n) is 4.33. The van der Waals surface area contributed by atoms with Crippen LogP contribution in [0.2, 0.25) is 0 Å². The number of aromatic nitrogens is 2. The number of hydrogen-bond donors (Lipinski definition) is 0. The second-order valence-corrected chi connectivity index (χ2v) is 5.78. The molecule has 0 unspecified atom stereocenters. The second-order valence-electron chi connectivity index (χ2n) is 5.78. The normalized spacial score (nSPS) is 14.6. The van der Waals surface area contributed by atoms with Crippen molar-refractivity contribution >= 4 is 5.97 Å². The first-order valence-electron chi connectivity index (χ1n) is 7.68. The number of nitrogens with zero attached hydrogens (tertiary/aromatic N) is 3. The van der Waals surface area contributed by atoms with Crippen molar-refractivity contribution in [1.29, 1.82) is 0 Å². The molecule has 0 spiro atoms. The van der Waals surface area contributed by atoms with E-state index in [1.807, 2.05) is 23.7 Å². The molecule has 0 saturated carbocycles. The number of carbonyl (C=O) groups excluding carboxylic acids is 1. The number of benzene rings is 1. The second kappa shape index (κ2) is 6.50. The highest BCUT2D eigenvalue weighted by Gasteiger charge is 2.25. The number of fused-ring (bicyclic) bond motifs is 1. The first-order valence-corrected chi connectivity index (χ1v) is 7.68. The molecule has 0 aliphatic carbocycles. The molecule has 1 aromatic heterocycles. The van der Waals surface area contributed by atoms with Crippen molar-refractivity contribution < 1.29 is 13.9 Å². The zero-order valence-electron chi connectivity index (χ0n) is 13.4. The Hall–Kier alpha value is -2.21. The van der Waals surface area contributed by atoms with Crippen LogP contribution in [0.25, 0.3) is 0 Å². The summed E-state index contributed by atoms with van der Waals surface area (Å²) >= 11 is 0. The molecule has 1 aliphatic rings. The van der Waals surface area contributed by atoms with Crippen molar-refractivity contribution in [3.63, 3.8) is 0 Å². The van der Waals surface area contributed by atoms with Gasteiger partial charge in [0.2, 0.25) is 5.82 Å². The predicted molar refractivity (Wildman–Crippen MR) is 83.6 cm³/mol. The molecule has 5 nitrogen and oxygen atoms in total. The van der Waals surface area contributed by atoms with Crippen LogP contribution >= 0.6 is 0 Å². The van der Waals surface area contributed by atoms with Crippen LogP contribution in [0.15, 0.2) is 24.3 Å². The first-order chi connectivity index (χ1) is 11.1.